The maximum Gasteiger partial charge on any atom is 0.255 e. The van der Waals surface area contributed by atoms with Crippen LogP contribution in [-0.4, -0.2) is 31.7 Å². The summed E-state index contributed by atoms with van der Waals surface area (Å²) < 4.78 is 26.6. The predicted octanol–water partition coefficient (Wildman–Crippen LogP) is 3.59. The van der Waals surface area contributed by atoms with E-state index < -0.39 is 10.0 Å². The van der Waals surface area contributed by atoms with Crippen LogP contribution in [0.1, 0.15) is 35.3 Å². The molecule has 0 radical (unpaired) electrons. The van der Waals surface area contributed by atoms with E-state index in [2.05, 4.69) is 5.32 Å². The zero-order valence-electron chi connectivity index (χ0n) is 15.0. The third-order valence-corrected chi connectivity index (χ3v) is 6.33. The van der Waals surface area contributed by atoms with Gasteiger partial charge >= 0.3 is 0 Å². The van der Waals surface area contributed by atoms with Crippen molar-refractivity contribution in [2.24, 2.45) is 0 Å². The lowest BCUT2D eigenvalue weighted by Crippen LogP contribution is -2.30. The topological polar surface area (TPSA) is 66.5 Å². The molecule has 134 valence electrons. The fourth-order valence-electron chi connectivity index (χ4n) is 2.64. The van der Waals surface area contributed by atoms with Gasteiger partial charge in [0.1, 0.15) is 0 Å². The molecule has 0 atom stereocenters. The molecule has 0 spiro atoms. The molecule has 1 N–H and O–H groups in total. The molecule has 6 heteroatoms. The molecular weight excluding hydrogens is 336 g/mol. The number of nitrogens with zero attached hydrogens (tertiary/aromatic N) is 1. The first-order chi connectivity index (χ1) is 11.8. The molecule has 2 aromatic rings. The molecule has 25 heavy (non-hydrogen) atoms. The highest BCUT2D eigenvalue weighted by Gasteiger charge is 2.22. The first-order valence-corrected chi connectivity index (χ1v) is 9.73. The average Bonchev–Trinajstić information content (AvgIpc) is 2.58. The van der Waals surface area contributed by atoms with Gasteiger partial charge in [-0.15, -0.1) is 0 Å². The number of anilines is 1. The maximum absolute atomic E-state index is 12.6. The summed E-state index contributed by atoms with van der Waals surface area (Å²) in [6.07, 6.45) is 0. The van der Waals surface area contributed by atoms with Crippen molar-refractivity contribution in [3.05, 3.63) is 59.2 Å². The fourth-order valence-corrected chi connectivity index (χ4v) is 4.15. The van der Waals surface area contributed by atoms with Gasteiger partial charge in [-0.2, -0.15) is 4.31 Å². The molecule has 0 bridgehead atoms. The number of carbonyl (C=O) groups is 1. The average molecular weight is 360 g/mol. The predicted molar refractivity (Wildman–Crippen MR) is 100 cm³/mol. The summed E-state index contributed by atoms with van der Waals surface area (Å²) in [4.78, 5) is 12.7. The Balaban J connectivity index is 2.31. The molecule has 0 aliphatic rings. The molecule has 0 aliphatic carbocycles. The number of nitrogens with one attached hydrogen (secondary N) is 1. The summed E-state index contributed by atoms with van der Waals surface area (Å²) in [7, 11) is -3.56. The molecule has 1 amide bonds. The fraction of sp³-hybridized carbons (Fsp3) is 0.316. The Kier molecular flexibility index (Phi) is 5.98. The highest BCUT2D eigenvalue weighted by atomic mass is 32.2. The first-order valence-electron chi connectivity index (χ1n) is 8.29. The second-order valence-electron chi connectivity index (χ2n) is 5.82. The van der Waals surface area contributed by atoms with Gasteiger partial charge < -0.3 is 5.32 Å². The third-order valence-electron chi connectivity index (χ3n) is 4.28. The van der Waals surface area contributed by atoms with Crippen molar-refractivity contribution in [2.45, 2.75) is 32.6 Å². The Labute approximate surface area is 149 Å². The zero-order chi connectivity index (χ0) is 18.6. The number of carbonyl (C=O) groups excluding carboxylic acids is 1. The summed E-state index contributed by atoms with van der Waals surface area (Å²) in [5.41, 5.74) is 2.98. The highest BCUT2D eigenvalue weighted by Crippen LogP contribution is 2.21. The van der Waals surface area contributed by atoms with Crippen molar-refractivity contribution in [3.63, 3.8) is 0 Å². The van der Waals surface area contributed by atoms with E-state index >= 15 is 0 Å². The number of benzene rings is 2. The molecule has 2 aromatic carbocycles. The van der Waals surface area contributed by atoms with Crippen LogP contribution >= 0.6 is 0 Å². The van der Waals surface area contributed by atoms with E-state index in [1.54, 1.807) is 38.1 Å². The maximum atomic E-state index is 12.6. The minimum Gasteiger partial charge on any atom is -0.322 e. The lowest BCUT2D eigenvalue weighted by molar-refractivity contribution is 0.102. The van der Waals surface area contributed by atoms with E-state index in [4.69, 9.17) is 0 Å². The van der Waals surface area contributed by atoms with Gasteiger partial charge in [-0.1, -0.05) is 32.0 Å². The van der Waals surface area contributed by atoms with Gasteiger partial charge in [0.15, 0.2) is 0 Å². The number of hydrogen-bond donors (Lipinski definition) is 1. The van der Waals surface area contributed by atoms with Gasteiger partial charge in [-0.3, -0.25) is 4.79 Å². The first kappa shape index (κ1) is 19.1. The van der Waals surface area contributed by atoms with Crippen LogP contribution in [0.25, 0.3) is 0 Å². The van der Waals surface area contributed by atoms with E-state index in [-0.39, 0.29) is 10.8 Å². The van der Waals surface area contributed by atoms with Gasteiger partial charge in [-0.25, -0.2) is 8.42 Å². The molecule has 0 fully saturated rings. The Morgan fingerprint density at radius 1 is 1.04 bits per heavy atom. The summed E-state index contributed by atoms with van der Waals surface area (Å²) in [6, 6.07) is 11.9. The Bertz CT molecular complexity index is 872. The van der Waals surface area contributed by atoms with E-state index in [0.29, 0.717) is 24.3 Å². The molecule has 2 rings (SSSR count). The SMILES string of the molecule is CCN(CC)S(=O)(=O)c1cccc(NC(=O)c2cccc(C)c2C)c1. The van der Waals surface area contributed by atoms with Crippen LogP contribution in [0.5, 0.6) is 0 Å². The second kappa shape index (κ2) is 7.80. The van der Waals surface area contributed by atoms with Crippen LogP contribution in [0.3, 0.4) is 0 Å². The molecular formula is C19H24N2O3S. The molecule has 5 nitrogen and oxygen atoms in total. The Morgan fingerprint density at radius 2 is 1.68 bits per heavy atom. The van der Waals surface area contributed by atoms with Gasteiger partial charge in [0, 0.05) is 24.3 Å². The Morgan fingerprint density at radius 3 is 2.32 bits per heavy atom. The van der Waals surface area contributed by atoms with E-state index in [0.717, 1.165) is 11.1 Å². The normalized spacial score (nSPS) is 11.6. The molecule has 0 unspecified atom stereocenters. The van der Waals surface area contributed by atoms with Crippen molar-refractivity contribution >= 4 is 21.6 Å². The highest BCUT2D eigenvalue weighted by molar-refractivity contribution is 7.89. The summed E-state index contributed by atoms with van der Waals surface area (Å²) in [6.45, 7) is 8.24. The summed E-state index contributed by atoms with van der Waals surface area (Å²) >= 11 is 0. The lowest BCUT2D eigenvalue weighted by Gasteiger charge is -2.19. The van der Waals surface area contributed by atoms with Crippen molar-refractivity contribution in [3.8, 4) is 0 Å². The number of aryl methyl sites for hydroxylation is 1. The number of amides is 1. The summed E-state index contributed by atoms with van der Waals surface area (Å²) in [5, 5.41) is 2.79. The second-order valence-corrected chi connectivity index (χ2v) is 7.76. The lowest BCUT2D eigenvalue weighted by atomic mass is 10.0. The van der Waals surface area contributed by atoms with Crippen molar-refractivity contribution in [2.75, 3.05) is 18.4 Å². The summed E-state index contributed by atoms with van der Waals surface area (Å²) in [5.74, 6) is -0.251. The van der Waals surface area contributed by atoms with E-state index in [1.807, 2.05) is 26.0 Å². The number of sulfonamides is 1. The van der Waals surface area contributed by atoms with E-state index in [1.165, 1.54) is 10.4 Å². The number of rotatable bonds is 6. The molecule has 0 saturated heterocycles. The Hall–Kier alpha value is -2.18. The van der Waals surface area contributed by atoms with Crippen LogP contribution in [0.4, 0.5) is 5.69 Å². The van der Waals surface area contributed by atoms with Crippen LogP contribution in [-0.2, 0) is 10.0 Å². The monoisotopic (exact) mass is 360 g/mol. The van der Waals surface area contributed by atoms with E-state index in [9.17, 15) is 13.2 Å². The standard InChI is InChI=1S/C19H24N2O3S/c1-5-21(6-2)25(23,24)17-11-8-10-16(13-17)20-19(22)18-12-7-9-14(3)15(18)4/h7-13H,5-6H2,1-4H3,(H,20,22). The van der Waals surface area contributed by atoms with Crippen LogP contribution in [0.2, 0.25) is 0 Å². The quantitative estimate of drug-likeness (QED) is 0.856. The van der Waals surface area contributed by atoms with Crippen LogP contribution < -0.4 is 5.32 Å². The van der Waals surface area contributed by atoms with Gasteiger partial charge in [-0.05, 0) is 49.2 Å². The van der Waals surface area contributed by atoms with Gasteiger partial charge in [0.05, 0.1) is 4.90 Å². The van der Waals surface area contributed by atoms with Gasteiger partial charge in [0.2, 0.25) is 10.0 Å². The minimum atomic E-state index is -3.56. The largest absolute Gasteiger partial charge is 0.322 e. The minimum absolute atomic E-state index is 0.176. The number of hydrogen-bond acceptors (Lipinski definition) is 3. The third kappa shape index (κ3) is 4.08. The molecule has 0 heterocycles. The molecule has 0 aromatic heterocycles. The van der Waals surface area contributed by atoms with Crippen LogP contribution in [0.15, 0.2) is 47.4 Å². The smallest absolute Gasteiger partial charge is 0.255 e. The van der Waals surface area contributed by atoms with Gasteiger partial charge in [0.25, 0.3) is 5.91 Å². The van der Waals surface area contributed by atoms with Crippen LogP contribution in [0, 0.1) is 13.8 Å². The van der Waals surface area contributed by atoms with Crippen molar-refractivity contribution < 1.29 is 13.2 Å². The molecule has 0 aliphatic heterocycles. The van der Waals surface area contributed by atoms with Crippen molar-refractivity contribution in [1.82, 2.24) is 4.31 Å². The van der Waals surface area contributed by atoms with Crippen molar-refractivity contribution in [1.29, 1.82) is 0 Å². The zero-order valence-corrected chi connectivity index (χ0v) is 15.9. The molecule has 0 saturated carbocycles.